The van der Waals surface area contributed by atoms with Crippen molar-refractivity contribution in [3.63, 3.8) is 0 Å². The van der Waals surface area contributed by atoms with E-state index in [9.17, 15) is 8.42 Å². The van der Waals surface area contributed by atoms with Crippen LogP contribution in [0.15, 0.2) is 29.3 Å². The molecule has 5 nitrogen and oxygen atoms in total. The molecule has 6 heteroatoms. The fourth-order valence-corrected chi connectivity index (χ4v) is 4.62. The average Bonchev–Trinajstić information content (AvgIpc) is 2.85. The Balaban J connectivity index is 2.02. The van der Waals surface area contributed by atoms with Gasteiger partial charge in [0.25, 0.3) is 0 Å². The fraction of sp³-hybridized carbons (Fsp3) is 0.467. The zero-order valence-electron chi connectivity index (χ0n) is 12.3. The van der Waals surface area contributed by atoms with Crippen molar-refractivity contribution in [3.8, 4) is 0 Å². The normalized spacial score (nSPS) is 24.5. The average molecular weight is 307 g/mol. The van der Waals surface area contributed by atoms with Gasteiger partial charge in [0, 0.05) is 35.9 Å². The monoisotopic (exact) mass is 307 g/mol. The Hall–Kier alpha value is -1.53. The van der Waals surface area contributed by atoms with Crippen LogP contribution in [0.3, 0.4) is 0 Å². The summed E-state index contributed by atoms with van der Waals surface area (Å²) in [5.41, 5.74) is 7.15. The van der Waals surface area contributed by atoms with Crippen LogP contribution in [0.2, 0.25) is 0 Å². The summed E-state index contributed by atoms with van der Waals surface area (Å²) in [6.45, 7) is 5.46. The summed E-state index contributed by atoms with van der Waals surface area (Å²) < 4.78 is 27.4. The molecule has 0 spiro atoms. The molecule has 21 heavy (non-hydrogen) atoms. The van der Waals surface area contributed by atoms with Crippen LogP contribution in [-0.4, -0.2) is 30.8 Å². The van der Waals surface area contributed by atoms with Crippen LogP contribution in [0.5, 0.6) is 0 Å². The zero-order valence-corrected chi connectivity index (χ0v) is 13.2. The first-order valence-corrected chi connectivity index (χ1v) is 8.70. The summed E-state index contributed by atoms with van der Waals surface area (Å²) in [7, 11) is -3.47. The van der Waals surface area contributed by atoms with Gasteiger partial charge in [-0.15, -0.1) is 0 Å². The third-order valence-electron chi connectivity index (χ3n) is 4.58. The Bertz CT molecular complexity index is 766. The molecule has 3 rings (SSSR count). The van der Waals surface area contributed by atoms with Gasteiger partial charge in [-0.05, 0) is 36.5 Å². The molecular weight excluding hydrogens is 286 g/mol. The number of aromatic amines is 1. The predicted octanol–water partition coefficient (Wildman–Crippen LogP) is 2.42. The summed E-state index contributed by atoms with van der Waals surface area (Å²) >= 11 is 0. The number of nitrogen functional groups attached to an aromatic ring is 1. The standard InChI is InChI=1S/C15H21N3O2S/c1-10-5-6-18(9-11(10)2)21(19,20)15-8-17-14-4-3-12(16)7-13(14)15/h3-4,7-8,10-11,17H,5-6,9,16H2,1-2H3. The summed E-state index contributed by atoms with van der Waals surface area (Å²) in [4.78, 5) is 3.34. The van der Waals surface area contributed by atoms with Gasteiger partial charge >= 0.3 is 0 Å². The van der Waals surface area contributed by atoms with Gasteiger partial charge in [-0.1, -0.05) is 13.8 Å². The number of anilines is 1. The van der Waals surface area contributed by atoms with Crippen molar-refractivity contribution in [2.75, 3.05) is 18.8 Å². The van der Waals surface area contributed by atoms with Gasteiger partial charge in [-0.2, -0.15) is 4.31 Å². The van der Waals surface area contributed by atoms with E-state index in [1.54, 1.807) is 22.6 Å². The quantitative estimate of drug-likeness (QED) is 0.836. The van der Waals surface area contributed by atoms with Gasteiger partial charge in [0.05, 0.1) is 0 Å². The van der Waals surface area contributed by atoms with Crippen molar-refractivity contribution in [2.24, 2.45) is 11.8 Å². The maximum Gasteiger partial charge on any atom is 0.245 e. The van der Waals surface area contributed by atoms with Crippen molar-refractivity contribution < 1.29 is 8.42 Å². The lowest BCUT2D eigenvalue weighted by molar-refractivity contribution is 0.212. The molecule has 0 bridgehead atoms. The lowest BCUT2D eigenvalue weighted by Gasteiger charge is -2.34. The van der Waals surface area contributed by atoms with Gasteiger partial charge < -0.3 is 10.7 Å². The third kappa shape index (κ3) is 2.42. The lowest BCUT2D eigenvalue weighted by atomic mass is 9.90. The maximum atomic E-state index is 12.9. The van der Waals surface area contributed by atoms with Gasteiger partial charge in [0.2, 0.25) is 10.0 Å². The second-order valence-electron chi connectivity index (χ2n) is 6.06. The van der Waals surface area contributed by atoms with Gasteiger partial charge in [0.1, 0.15) is 4.90 Å². The number of hydrogen-bond acceptors (Lipinski definition) is 3. The van der Waals surface area contributed by atoms with E-state index in [1.807, 2.05) is 6.07 Å². The number of fused-ring (bicyclic) bond motifs is 1. The Morgan fingerprint density at radius 1 is 1.29 bits per heavy atom. The predicted molar refractivity (Wildman–Crippen MR) is 84.4 cm³/mol. The molecular formula is C15H21N3O2S. The van der Waals surface area contributed by atoms with Gasteiger partial charge in [0.15, 0.2) is 0 Å². The highest BCUT2D eigenvalue weighted by atomic mass is 32.2. The first-order valence-electron chi connectivity index (χ1n) is 7.26. The van der Waals surface area contributed by atoms with Crippen molar-refractivity contribution in [1.82, 2.24) is 9.29 Å². The smallest absolute Gasteiger partial charge is 0.245 e. The van der Waals surface area contributed by atoms with Crippen LogP contribution in [0.4, 0.5) is 5.69 Å². The van der Waals surface area contributed by atoms with Crippen LogP contribution in [0.1, 0.15) is 20.3 Å². The van der Waals surface area contributed by atoms with E-state index in [2.05, 4.69) is 18.8 Å². The number of nitrogens with one attached hydrogen (secondary N) is 1. The van der Waals surface area contributed by atoms with Crippen LogP contribution < -0.4 is 5.73 Å². The van der Waals surface area contributed by atoms with Crippen molar-refractivity contribution in [1.29, 1.82) is 0 Å². The molecule has 2 atom stereocenters. The first kappa shape index (κ1) is 14.4. The number of rotatable bonds is 2. The minimum Gasteiger partial charge on any atom is -0.399 e. The van der Waals surface area contributed by atoms with E-state index in [1.165, 1.54) is 0 Å². The number of benzene rings is 1. The minimum atomic E-state index is -3.47. The SMILES string of the molecule is CC1CCN(S(=O)(=O)c2c[nH]c3ccc(N)cc23)CC1C. The molecule has 1 fully saturated rings. The van der Waals surface area contributed by atoms with Crippen molar-refractivity contribution in [2.45, 2.75) is 25.2 Å². The summed E-state index contributed by atoms with van der Waals surface area (Å²) in [5.74, 6) is 0.943. The minimum absolute atomic E-state index is 0.326. The molecule has 1 aromatic heterocycles. The Morgan fingerprint density at radius 2 is 2.05 bits per heavy atom. The van der Waals surface area contributed by atoms with Crippen LogP contribution >= 0.6 is 0 Å². The van der Waals surface area contributed by atoms with E-state index >= 15 is 0 Å². The molecule has 2 aromatic rings. The second-order valence-corrected chi connectivity index (χ2v) is 7.97. The number of aromatic nitrogens is 1. The number of piperidine rings is 1. The molecule has 1 aliphatic heterocycles. The van der Waals surface area contributed by atoms with E-state index in [0.29, 0.717) is 40.9 Å². The number of nitrogens with two attached hydrogens (primary N) is 1. The van der Waals surface area contributed by atoms with E-state index in [4.69, 9.17) is 5.73 Å². The maximum absolute atomic E-state index is 12.9. The van der Waals surface area contributed by atoms with E-state index < -0.39 is 10.0 Å². The van der Waals surface area contributed by atoms with Crippen LogP contribution in [-0.2, 0) is 10.0 Å². The van der Waals surface area contributed by atoms with Crippen molar-refractivity contribution >= 4 is 26.6 Å². The molecule has 2 heterocycles. The molecule has 0 amide bonds. The first-order chi connectivity index (χ1) is 9.89. The van der Waals surface area contributed by atoms with Crippen LogP contribution in [0, 0.1) is 11.8 Å². The summed E-state index contributed by atoms with van der Waals surface area (Å²) in [6, 6.07) is 5.29. The Labute approximate surface area is 125 Å². The zero-order chi connectivity index (χ0) is 15.2. The molecule has 3 N–H and O–H groups in total. The number of H-pyrrole nitrogens is 1. The fourth-order valence-electron chi connectivity index (χ4n) is 2.91. The highest BCUT2D eigenvalue weighted by Crippen LogP contribution is 2.31. The largest absolute Gasteiger partial charge is 0.399 e. The van der Waals surface area contributed by atoms with Gasteiger partial charge in [-0.25, -0.2) is 8.42 Å². The summed E-state index contributed by atoms with van der Waals surface area (Å²) in [6.07, 6.45) is 2.48. The Morgan fingerprint density at radius 3 is 2.76 bits per heavy atom. The lowest BCUT2D eigenvalue weighted by Crippen LogP contribution is -2.42. The molecule has 2 unspecified atom stereocenters. The molecule has 114 valence electrons. The summed E-state index contributed by atoms with van der Waals surface area (Å²) in [5, 5.41) is 0.668. The highest BCUT2D eigenvalue weighted by molar-refractivity contribution is 7.89. The Kier molecular flexibility index (Phi) is 3.45. The van der Waals surface area contributed by atoms with Crippen molar-refractivity contribution in [3.05, 3.63) is 24.4 Å². The molecule has 1 aromatic carbocycles. The van der Waals surface area contributed by atoms with E-state index in [0.717, 1.165) is 11.9 Å². The topological polar surface area (TPSA) is 79.2 Å². The van der Waals surface area contributed by atoms with Gasteiger partial charge in [-0.3, -0.25) is 0 Å². The highest BCUT2D eigenvalue weighted by Gasteiger charge is 2.33. The molecule has 1 saturated heterocycles. The molecule has 0 saturated carbocycles. The molecule has 1 aliphatic rings. The molecule has 0 radical (unpaired) electrons. The number of nitrogens with zero attached hydrogens (tertiary/aromatic N) is 1. The third-order valence-corrected chi connectivity index (χ3v) is 6.49. The van der Waals surface area contributed by atoms with E-state index in [-0.39, 0.29) is 0 Å². The number of sulfonamides is 1. The molecule has 0 aliphatic carbocycles. The van der Waals surface area contributed by atoms with Crippen LogP contribution in [0.25, 0.3) is 10.9 Å². The second kappa shape index (κ2) is 5.03. The number of hydrogen-bond donors (Lipinski definition) is 2.